The van der Waals surface area contributed by atoms with Gasteiger partial charge in [0.05, 0.1) is 13.2 Å². The Labute approximate surface area is 245 Å². The standard InChI is InChI=1S/C28H55N5O6S/c1-7-30-24(35)17-38-18-25(36)31-14-13-27(3,4)20-39-21-28(5,6)19-32-23(34)11-9-8-10-15-40-16-12-22(2)33-26(29)37/h22H,7-21H2,1-6H3,(H,30,35)(H,31,36)(H,32,34)(H3,29,33,37). The minimum atomic E-state index is -0.481. The van der Waals surface area contributed by atoms with Crippen molar-refractivity contribution in [3.63, 3.8) is 0 Å². The second-order valence-corrected chi connectivity index (χ2v) is 13.0. The average Bonchev–Trinajstić information content (AvgIpc) is 2.83. The topological polar surface area (TPSA) is 161 Å². The van der Waals surface area contributed by atoms with Crippen LogP contribution in [0.15, 0.2) is 0 Å². The first-order chi connectivity index (χ1) is 18.8. The van der Waals surface area contributed by atoms with Crippen LogP contribution in [0.3, 0.4) is 0 Å². The number of amides is 5. The minimum absolute atomic E-state index is 0.0677. The van der Waals surface area contributed by atoms with E-state index in [1.807, 2.05) is 25.6 Å². The maximum atomic E-state index is 12.3. The quantitative estimate of drug-likeness (QED) is 0.108. The van der Waals surface area contributed by atoms with Crippen molar-refractivity contribution in [1.82, 2.24) is 21.3 Å². The van der Waals surface area contributed by atoms with Gasteiger partial charge in [-0.25, -0.2) is 4.79 Å². The van der Waals surface area contributed by atoms with Gasteiger partial charge in [0.1, 0.15) is 13.2 Å². The number of rotatable bonds is 24. The van der Waals surface area contributed by atoms with Crippen LogP contribution in [0.4, 0.5) is 4.79 Å². The van der Waals surface area contributed by atoms with Crippen LogP contribution in [0, 0.1) is 10.8 Å². The highest BCUT2D eigenvalue weighted by Crippen LogP contribution is 2.22. The molecule has 11 nitrogen and oxygen atoms in total. The number of nitrogens with two attached hydrogens (primary N) is 1. The van der Waals surface area contributed by atoms with Crippen LogP contribution in [0.5, 0.6) is 0 Å². The minimum Gasteiger partial charge on any atom is -0.380 e. The van der Waals surface area contributed by atoms with Crippen molar-refractivity contribution in [2.45, 2.75) is 86.1 Å². The fourth-order valence-electron chi connectivity index (χ4n) is 3.57. The number of nitrogens with one attached hydrogen (secondary N) is 4. The molecule has 0 aromatic rings. The number of primary amides is 1. The van der Waals surface area contributed by atoms with Crippen LogP contribution in [0.25, 0.3) is 0 Å². The second-order valence-electron chi connectivity index (χ2n) is 11.8. The number of hydrogen-bond acceptors (Lipinski definition) is 7. The molecule has 0 aliphatic carbocycles. The Morgan fingerprint density at radius 1 is 0.825 bits per heavy atom. The van der Waals surface area contributed by atoms with Gasteiger partial charge in [-0.1, -0.05) is 34.1 Å². The number of unbranched alkanes of at least 4 members (excludes halogenated alkanes) is 2. The van der Waals surface area contributed by atoms with Crippen molar-refractivity contribution in [2.75, 3.05) is 57.6 Å². The predicted molar refractivity (Wildman–Crippen MR) is 161 cm³/mol. The van der Waals surface area contributed by atoms with Crippen molar-refractivity contribution in [3.05, 3.63) is 0 Å². The van der Waals surface area contributed by atoms with Gasteiger partial charge in [-0.2, -0.15) is 11.8 Å². The van der Waals surface area contributed by atoms with Crippen molar-refractivity contribution >= 4 is 35.5 Å². The van der Waals surface area contributed by atoms with E-state index in [4.69, 9.17) is 15.2 Å². The number of carbonyl (C=O) groups is 4. The first-order valence-electron chi connectivity index (χ1n) is 14.4. The summed E-state index contributed by atoms with van der Waals surface area (Å²) < 4.78 is 11.1. The SMILES string of the molecule is CCNC(=O)COCC(=O)NCCC(C)(C)COCC(C)(C)CNC(=O)CCCCCSCCC(C)NC(N)=O. The van der Waals surface area contributed by atoms with Crippen LogP contribution in [-0.2, 0) is 23.9 Å². The van der Waals surface area contributed by atoms with E-state index in [2.05, 4.69) is 49.0 Å². The number of ether oxygens (including phenoxy) is 2. The number of hydrogen-bond donors (Lipinski definition) is 5. The Balaban J connectivity index is 3.89. The molecule has 40 heavy (non-hydrogen) atoms. The highest BCUT2D eigenvalue weighted by atomic mass is 32.2. The lowest BCUT2D eigenvalue weighted by Crippen LogP contribution is -2.38. The molecule has 0 aromatic carbocycles. The summed E-state index contributed by atoms with van der Waals surface area (Å²) in [5.74, 6) is 1.60. The third-order valence-electron chi connectivity index (χ3n) is 5.99. The molecule has 0 radical (unpaired) electrons. The first kappa shape index (κ1) is 38.0. The third-order valence-corrected chi connectivity index (χ3v) is 7.09. The smallest absolute Gasteiger partial charge is 0.312 e. The zero-order chi connectivity index (χ0) is 30.4. The van der Waals surface area contributed by atoms with Gasteiger partial charge >= 0.3 is 6.03 Å². The van der Waals surface area contributed by atoms with E-state index in [0.29, 0.717) is 39.3 Å². The number of likely N-dealkylation sites (N-methyl/N-ethyl adjacent to an activating group) is 1. The van der Waals surface area contributed by atoms with E-state index in [1.165, 1.54) is 0 Å². The zero-order valence-corrected chi connectivity index (χ0v) is 26.4. The summed E-state index contributed by atoms with van der Waals surface area (Å²) in [5.41, 5.74) is 4.78. The molecule has 0 rings (SSSR count). The fraction of sp³-hybridized carbons (Fsp3) is 0.857. The molecule has 0 saturated heterocycles. The number of urea groups is 1. The molecule has 0 aliphatic rings. The molecular weight excluding hydrogens is 534 g/mol. The lowest BCUT2D eigenvalue weighted by molar-refractivity contribution is -0.131. The summed E-state index contributed by atoms with van der Waals surface area (Å²) in [6.45, 7) is 14.4. The molecule has 1 unspecified atom stereocenters. The van der Waals surface area contributed by atoms with E-state index in [1.54, 1.807) is 0 Å². The molecule has 0 fully saturated rings. The van der Waals surface area contributed by atoms with Gasteiger partial charge in [-0.05, 0) is 56.5 Å². The van der Waals surface area contributed by atoms with Crippen LogP contribution in [-0.4, -0.2) is 87.4 Å². The molecule has 234 valence electrons. The Morgan fingerprint density at radius 2 is 1.48 bits per heavy atom. The van der Waals surface area contributed by atoms with E-state index < -0.39 is 6.03 Å². The normalized spacial score (nSPS) is 12.4. The largest absolute Gasteiger partial charge is 0.380 e. The molecule has 0 spiro atoms. The molecule has 12 heteroatoms. The second kappa shape index (κ2) is 21.7. The van der Waals surface area contributed by atoms with Gasteiger partial charge in [0.15, 0.2) is 0 Å². The molecule has 0 heterocycles. The van der Waals surface area contributed by atoms with Gasteiger partial charge in [0.2, 0.25) is 17.7 Å². The van der Waals surface area contributed by atoms with Gasteiger partial charge in [-0.15, -0.1) is 0 Å². The van der Waals surface area contributed by atoms with Crippen LogP contribution in [0.1, 0.15) is 80.1 Å². The molecule has 0 saturated carbocycles. The van der Waals surface area contributed by atoms with Crippen molar-refractivity contribution in [2.24, 2.45) is 16.6 Å². The summed E-state index contributed by atoms with van der Waals surface area (Å²) in [5, 5.41) is 11.1. The summed E-state index contributed by atoms with van der Waals surface area (Å²) in [7, 11) is 0. The Hall–Kier alpha value is -2.05. The van der Waals surface area contributed by atoms with Crippen LogP contribution in [0.2, 0.25) is 0 Å². The predicted octanol–water partition coefficient (Wildman–Crippen LogP) is 2.57. The molecule has 6 N–H and O–H groups in total. The van der Waals surface area contributed by atoms with E-state index in [-0.39, 0.29) is 47.8 Å². The van der Waals surface area contributed by atoms with E-state index in [9.17, 15) is 19.2 Å². The van der Waals surface area contributed by atoms with Crippen LogP contribution < -0.4 is 27.0 Å². The van der Waals surface area contributed by atoms with Crippen molar-refractivity contribution in [1.29, 1.82) is 0 Å². The Morgan fingerprint density at radius 3 is 2.12 bits per heavy atom. The third kappa shape index (κ3) is 23.8. The van der Waals surface area contributed by atoms with E-state index >= 15 is 0 Å². The maximum Gasteiger partial charge on any atom is 0.312 e. The summed E-state index contributed by atoms with van der Waals surface area (Å²) in [6, 6.07) is -0.390. The molecule has 0 aliphatic heterocycles. The average molecular weight is 590 g/mol. The molecule has 0 aromatic heterocycles. The van der Waals surface area contributed by atoms with Gasteiger partial charge in [0.25, 0.3) is 0 Å². The van der Waals surface area contributed by atoms with Gasteiger partial charge < -0.3 is 36.5 Å². The Kier molecular flexibility index (Phi) is 20.6. The summed E-state index contributed by atoms with van der Waals surface area (Å²) in [6.07, 6.45) is 5.10. The lowest BCUT2D eigenvalue weighted by Gasteiger charge is -2.29. The van der Waals surface area contributed by atoms with Crippen LogP contribution >= 0.6 is 11.8 Å². The van der Waals surface area contributed by atoms with Gasteiger partial charge in [0, 0.05) is 37.5 Å². The molecule has 0 bridgehead atoms. The zero-order valence-electron chi connectivity index (χ0n) is 25.6. The Bertz CT molecular complexity index is 751. The molecular formula is C28H55N5O6S. The van der Waals surface area contributed by atoms with Gasteiger partial charge in [-0.3, -0.25) is 14.4 Å². The number of carbonyl (C=O) groups excluding carboxylic acids is 4. The van der Waals surface area contributed by atoms with Crippen molar-refractivity contribution < 1.29 is 28.7 Å². The first-order valence-corrected chi connectivity index (χ1v) is 15.5. The summed E-state index contributed by atoms with van der Waals surface area (Å²) >= 11 is 1.86. The fourth-order valence-corrected chi connectivity index (χ4v) is 4.71. The summed E-state index contributed by atoms with van der Waals surface area (Å²) in [4.78, 5) is 46.3. The van der Waals surface area contributed by atoms with E-state index in [0.717, 1.165) is 43.6 Å². The molecule has 5 amide bonds. The molecule has 1 atom stereocenters. The van der Waals surface area contributed by atoms with Crippen molar-refractivity contribution in [3.8, 4) is 0 Å². The highest BCUT2D eigenvalue weighted by Gasteiger charge is 2.23. The lowest BCUT2D eigenvalue weighted by atomic mass is 9.90. The number of thioether (sulfide) groups is 1. The maximum absolute atomic E-state index is 12.3. The highest BCUT2D eigenvalue weighted by molar-refractivity contribution is 7.99. The monoisotopic (exact) mass is 589 g/mol.